The van der Waals surface area contributed by atoms with Crippen molar-refractivity contribution in [3.8, 4) is 0 Å². The molecular weight excluding hydrogens is 312 g/mol. The summed E-state index contributed by atoms with van der Waals surface area (Å²) in [7, 11) is 1.83. The topological polar surface area (TPSA) is 33.2 Å². The Labute approximate surface area is 140 Å². The van der Waals surface area contributed by atoms with Crippen molar-refractivity contribution >= 4 is 33.7 Å². The van der Waals surface area contributed by atoms with E-state index in [-0.39, 0.29) is 11.3 Å². The Morgan fingerprint density at radius 1 is 1.27 bits per heavy atom. The molecule has 0 unspecified atom stereocenters. The molecule has 1 aliphatic carbocycles. The maximum atomic E-state index is 12.7. The number of carbonyl (C=O) groups is 1. The van der Waals surface area contributed by atoms with Crippen molar-refractivity contribution in [2.24, 2.45) is 0 Å². The Morgan fingerprint density at radius 3 is 2.64 bits per heavy atom. The van der Waals surface area contributed by atoms with Gasteiger partial charge in [0.1, 0.15) is 0 Å². The monoisotopic (exact) mass is 334 g/mol. The molecule has 0 aromatic carbocycles. The van der Waals surface area contributed by atoms with E-state index in [1.165, 1.54) is 23.3 Å². The molecule has 2 aromatic rings. The van der Waals surface area contributed by atoms with Gasteiger partial charge in [0.25, 0.3) is 5.91 Å². The number of amides is 1. The molecule has 0 saturated heterocycles. The highest BCUT2D eigenvalue weighted by Gasteiger charge is 2.24. The summed E-state index contributed by atoms with van der Waals surface area (Å²) in [6.07, 6.45) is 4.74. The molecule has 0 saturated carbocycles. The Bertz CT molecular complexity index is 670. The van der Waals surface area contributed by atoms with Crippen LogP contribution in [0.1, 0.15) is 59.4 Å². The van der Waals surface area contributed by atoms with Gasteiger partial charge in [-0.25, -0.2) is 4.98 Å². The number of carbonyl (C=O) groups excluding carboxylic acids is 1. The highest BCUT2D eigenvalue weighted by Crippen LogP contribution is 2.32. The second-order valence-electron chi connectivity index (χ2n) is 6.90. The number of aryl methyl sites for hydroxylation is 2. The quantitative estimate of drug-likeness (QED) is 0.800. The van der Waals surface area contributed by atoms with E-state index in [9.17, 15) is 4.79 Å². The first-order chi connectivity index (χ1) is 10.4. The number of aromatic nitrogens is 1. The normalized spacial score (nSPS) is 14.7. The van der Waals surface area contributed by atoms with Crippen LogP contribution in [0.5, 0.6) is 0 Å². The molecule has 2 heterocycles. The van der Waals surface area contributed by atoms with Gasteiger partial charge in [0.2, 0.25) is 0 Å². The fourth-order valence-corrected chi connectivity index (χ4v) is 4.86. The third-order valence-corrected chi connectivity index (χ3v) is 6.20. The summed E-state index contributed by atoms with van der Waals surface area (Å²) in [5.41, 5.74) is 2.43. The van der Waals surface area contributed by atoms with E-state index in [2.05, 4.69) is 37.2 Å². The van der Waals surface area contributed by atoms with E-state index >= 15 is 0 Å². The second kappa shape index (κ2) is 5.78. The van der Waals surface area contributed by atoms with Gasteiger partial charge >= 0.3 is 0 Å². The summed E-state index contributed by atoms with van der Waals surface area (Å²) in [5.74, 6) is 0.0641. The number of anilines is 1. The van der Waals surface area contributed by atoms with Crippen molar-refractivity contribution in [2.75, 3.05) is 11.9 Å². The molecule has 0 radical (unpaired) electrons. The van der Waals surface area contributed by atoms with Crippen LogP contribution >= 0.6 is 22.7 Å². The van der Waals surface area contributed by atoms with Crippen molar-refractivity contribution in [1.29, 1.82) is 0 Å². The van der Waals surface area contributed by atoms with Crippen molar-refractivity contribution in [1.82, 2.24) is 4.98 Å². The zero-order valence-electron chi connectivity index (χ0n) is 13.6. The van der Waals surface area contributed by atoms with Crippen molar-refractivity contribution < 1.29 is 4.79 Å². The van der Waals surface area contributed by atoms with Gasteiger partial charge in [0.05, 0.1) is 10.6 Å². The van der Waals surface area contributed by atoms with Gasteiger partial charge in [-0.3, -0.25) is 9.69 Å². The van der Waals surface area contributed by atoms with Crippen LogP contribution in [0.25, 0.3) is 0 Å². The van der Waals surface area contributed by atoms with Gasteiger partial charge in [-0.2, -0.15) is 0 Å². The van der Waals surface area contributed by atoms with Crippen LogP contribution in [-0.4, -0.2) is 17.9 Å². The Morgan fingerprint density at radius 2 is 2.00 bits per heavy atom. The zero-order valence-corrected chi connectivity index (χ0v) is 15.2. The lowest BCUT2D eigenvalue weighted by molar-refractivity contribution is 0.0996. The molecular formula is C17H22N2OS2. The molecule has 0 spiro atoms. The van der Waals surface area contributed by atoms with Gasteiger partial charge < -0.3 is 0 Å². The average molecular weight is 335 g/mol. The molecule has 0 N–H and O–H groups in total. The lowest BCUT2D eigenvalue weighted by Crippen LogP contribution is -2.25. The number of nitrogens with zero attached hydrogens (tertiary/aromatic N) is 2. The Kier molecular flexibility index (Phi) is 4.12. The lowest BCUT2D eigenvalue weighted by atomic mass is 9.93. The maximum absolute atomic E-state index is 12.7. The molecule has 3 rings (SSSR count). The van der Waals surface area contributed by atoms with Crippen molar-refractivity contribution in [2.45, 2.75) is 51.9 Å². The number of thiophene rings is 1. The predicted molar refractivity (Wildman–Crippen MR) is 94.5 cm³/mol. The van der Waals surface area contributed by atoms with E-state index in [0.29, 0.717) is 0 Å². The number of fused-ring (bicyclic) bond motifs is 1. The zero-order chi connectivity index (χ0) is 15.9. The summed E-state index contributed by atoms with van der Waals surface area (Å²) >= 11 is 3.21. The molecule has 0 atom stereocenters. The summed E-state index contributed by atoms with van der Waals surface area (Å²) in [6, 6.07) is 2.09. The van der Waals surface area contributed by atoms with Crippen LogP contribution in [0.15, 0.2) is 11.4 Å². The largest absolute Gasteiger partial charge is 0.286 e. The molecule has 22 heavy (non-hydrogen) atoms. The summed E-state index contributed by atoms with van der Waals surface area (Å²) in [6.45, 7) is 6.42. The van der Waals surface area contributed by atoms with E-state index in [1.54, 1.807) is 27.6 Å². The lowest BCUT2D eigenvalue weighted by Gasteiger charge is -2.16. The fourth-order valence-electron chi connectivity index (χ4n) is 2.61. The van der Waals surface area contributed by atoms with E-state index in [0.717, 1.165) is 28.5 Å². The SMILES string of the molecule is CN(C(=O)c1cc2c(s1)CCCC2)c1nc(C(C)(C)C)cs1. The number of rotatable bonds is 2. The minimum atomic E-state index is 0.0145. The molecule has 5 heteroatoms. The van der Waals surface area contributed by atoms with E-state index in [1.807, 2.05) is 7.05 Å². The standard InChI is InChI=1S/C17H22N2OS2/c1-17(2,3)14-10-21-16(18-14)19(4)15(20)13-9-11-7-5-6-8-12(11)22-13/h9-10H,5-8H2,1-4H3. The molecule has 1 amide bonds. The molecule has 1 aliphatic rings. The van der Waals surface area contributed by atoms with Crippen molar-refractivity contribution in [3.05, 3.63) is 32.5 Å². The predicted octanol–water partition coefficient (Wildman–Crippen LogP) is 4.66. The first-order valence-electron chi connectivity index (χ1n) is 7.72. The molecule has 2 aromatic heterocycles. The molecule has 0 bridgehead atoms. The van der Waals surface area contributed by atoms with Crippen LogP contribution in [0.4, 0.5) is 5.13 Å². The van der Waals surface area contributed by atoms with Crippen molar-refractivity contribution in [3.63, 3.8) is 0 Å². The van der Waals surface area contributed by atoms with Crippen LogP contribution in [0.2, 0.25) is 0 Å². The van der Waals surface area contributed by atoms with Gasteiger partial charge in [-0.05, 0) is 37.3 Å². The second-order valence-corrected chi connectivity index (χ2v) is 8.87. The first kappa shape index (κ1) is 15.7. The highest BCUT2D eigenvalue weighted by molar-refractivity contribution is 7.15. The number of hydrogen-bond acceptors (Lipinski definition) is 4. The highest BCUT2D eigenvalue weighted by atomic mass is 32.1. The van der Waals surface area contributed by atoms with Gasteiger partial charge in [0.15, 0.2) is 5.13 Å². The smallest absolute Gasteiger partial charge is 0.269 e. The summed E-state index contributed by atoms with van der Waals surface area (Å²) < 4.78 is 0. The van der Waals surface area contributed by atoms with Crippen LogP contribution < -0.4 is 4.90 Å². The first-order valence-corrected chi connectivity index (χ1v) is 9.41. The van der Waals surface area contributed by atoms with E-state index in [4.69, 9.17) is 0 Å². The molecule has 118 valence electrons. The summed E-state index contributed by atoms with van der Waals surface area (Å²) in [4.78, 5) is 21.3. The average Bonchev–Trinajstić information content (AvgIpc) is 3.11. The minimum Gasteiger partial charge on any atom is -0.286 e. The Hall–Kier alpha value is -1.20. The van der Waals surface area contributed by atoms with Gasteiger partial charge in [-0.1, -0.05) is 20.8 Å². The maximum Gasteiger partial charge on any atom is 0.269 e. The molecule has 0 fully saturated rings. The third-order valence-electron chi connectivity index (χ3n) is 4.06. The molecule has 0 aliphatic heterocycles. The van der Waals surface area contributed by atoms with Gasteiger partial charge in [-0.15, -0.1) is 22.7 Å². The van der Waals surface area contributed by atoms with Crippen LogP contribution in [0, 0.1) is 0 Å². The fraction of sp³-hybridized carbons (Fsp3) is 0.529. The molecule has 3 nitrogen and oxygen atoms in total. The summed E-state index contributed by atoms with van der Waals surface area (Å²) in [5, 5.41) is 2.83. The number of hydrogen-bond donors (Lipinski definition) is 0. The number of thiazole rings is 1. The van der Waals surface area contributed by atoms with Crippen LogP contribution in [-0.2, 0) is 18.3 Å². The van der Waals surface area contributed by atoms with Crippen LogP contribution in [0.3, 0.4) is 0 Å². The van der Waals surface area contributed by atoms with E-state index < -0.39 is 0 Å². The minimum absolute atomic E-state index is 0.0145. The van der Waals surface area contributed by atoms with Gasteiger partial charge in [0, 0.05) is 22.7 Å². The Balaban J connectivity index is 1.82. The third kappa shape index (κ3) is 2.97.